The van der Waals surface area contributed by atoms with Gasteiger partial charge in [0, 0.05) is 99.5 Å². The van der Waals surface area contributed by atoms with Crippen LogP contribution in [0.25, 0.3) is 0 Å². The van der Waals surface area contributed by atoms with E-state index >= 15 is 0 Å². The Morgan fingerprint density at radius 2 is 0.685 bits per heavy atom. The molecule has 11 aliphatic rings. The summed E-state index contributed by atoms with van der Waals surface area (Å²) in [6.07, 6.45) is 30.7. The van der Waals surface area contributed by atoms with Gasteiger partial charge in [-0.2, -0.15) is 0 Å². The van der Waals surface area contributed by atoms with Crippen LogP contribution in [0.2, 0.25) is 0 Å². The zero-order chi connectivity index (χ0) is 81.6. The van der Waals surface area contributed by atoms with Crippen molar-refractivity contribution in [3.8, 4) is 0 Å². The predicted octanol–water partition coefficient (Wildman–Crippen LogP) is 5.72. The number of ether oxygens (including phenoxy) is 2. The van der Waals surface area contributed by atoms with Crippen molar-refractivity contribution in [2.75, 3.05) is 158 Å². The minimum Gasteiger partial charge on any atom is -0.370 e. The molecular weight excluding hydrogens is 1330 g/mol. The van der Waals surface area contributed by atoms with Gasteiger partial charge in [-0.15, -0.1) is 0 Å². The molecule has 1 saturated carbocycles. The monoisotopic (exact) mass is 1520 g/mol. The van der Waals surface area contributed by atoms with E-state index in [1.165, 1.54) is 237 Å². The van der Waals surface area contributed by atoms with Gasteiger partial charge in [0.1, 0.15) is 38.0 Å². The topological polar surface area (TPSA) is 91.9 Å². The molecule has 4 atom stereocenters. The minimum absolute atomic E-state index is 0.251. The van der Waals surface area contributed by atoms with Crippen LogP contribution in [0.4, 0.5) is 5.69 Å². The van der Waals surface area contributed by atoms with E-state index in [-0.39, 0.29) is 5.54 Å². The summed E-state index contributed by atoms with van der Waals surface area (Å²) in [6.45, 7) is 97.1. The number of hydrogen-bond donors (Lipinski definition) is 10. The third-order valence-electron chi connectivity index (χ3n) is 26.0. The van der Waals surface area contributed by atoms with Crippen molar-refractivity contribution in [3.63, 3.8) is 0 Å². The molecule has 1 aliphatic carbocycles. The Labute approximate surface area is 672 Å². The molecule has 12 heterocycles. The summed E-state index contributed by atoms with van der Waals surface area (Å²) < 4.78 is 10.5. The van der Waals surface area contributed by atoms with Crippen molar-refractivity contribution in [3.05, 3.63) is 54.6 Å². The summed E-state index contributed by atoms with van der Waals surface area (Å²) in [4.78, 5) is 27.7. The molecule has 15 nitrogen and oxygen atoms in total. The van der Waals surface area contributed by atoms with E-state index in [2.05, 4.69) is 255 Å². The number of morpholine rings is 1. The van der Waals surface area contributed by atoms with Crippen LogP contribution in [0.1, 0.15) is 322 Å². The van der Waals surface area contributed by atoms with Gasteiger partial charge in [0.25, 0.3) is 0 Å². The third-order valence-corrected chi connectivity index (χ3v) is 26.0. The first-order valence-corrected chi connectivity index (χ1v) is 45.0. The number of likely N-dealkylation sites (N-methyl/N-ethyl adjacent to an activating group) is 1. The maximum Gasteiger partial charge on any atom is 0.182 e. The molecule has 11 fully saturated rings. The van der Waals surface area contributed by atoms with E-state index in [9.17, 15) is 0 Å². The highest BCUT2D eigenvalue weighted by atomic mass is 16.5. The van der Waals surface area contributed by atoms with Crippen molar-refractivity contribution in [2.24, 2.45) is 11.8 Å². The Bertz CT molecular complexity index is 2490. The van der Waals surface area contributed by atoms with Crippen molar-refractivity contribution in [1.82, 2.24) is 14.9 Å². The zero-order valence-corrected chi connectivity index (χ0v) is 78.4. The maximum absolute atomic E-state index is 5.27. The number of nitrogens with one attached hydrogen (secondary N) is 10. The molecule has 4 unspecified atom stereocenters. The predicted molar refractivity (Wildman–Crippen MR) is 462 cm³/mol. The number of fused-ring (bicyclic) bond motifs is 4. The number of piperidine rings is 1. The normalized spacial score (nSPS) is 25.3. The van der Waals surface area contributed by atoms with E-state index in [0.717, 1.165) is 38.4 Å². The van der Waals surface area contributed by atoms with Crippen molar-refractivity contribution in [2.45, 2.75) is 372 Å². The summed E-state index contributed by atoms with van der Waals surface area (Å²) in [6, 6.07) is 9.03. The Morgan fingerprint density at radius 3 is 0.991 bits per heavy atom. The fourth-order valence-corrected chi connectivity index (χ4v) is 17.1. The number of aromatic nitrogens is 2. The molecule has 0 radical (unpaired) electrons. The molecule has 2 bridgehead atoms. The fraction of sp³-hybridized carbons (Fsp3) is 0.892. The number of quaternary nitrogens is 10. The molecule has 13 rings (SSSR count). The van der Waals surface area contributed by atoms with Gasteiger partial charge in [0.05, 0.1) is 161 Å². The second kappa shape index (κ2) is 46.5. The van der Waals surface area contributed by atoms with Crippen LogP contribution in [-0.2, 0) is 9.47 Å². The van der Waals surface area contributed by atoms with E-state index < -0.39 is 0 Å². The lowest BCUT2D eigenvalue weighted by molar-refractivity contribution is -0.982. The van der Waals surface area contributed by atoms with Gasteiger partial charge in [-0.3, -0.25) is 14.9 Å². The highest BCUT2D eigenvalue weighted by Gasteiger charge is 2.40. The molecule has 10 aliphatic heterocycles. The molecular formula is C93H193N13O2+10. The largest absolute Gasteiger partial charge is 0.370 e. The van der Waals surface area contributed by atoms with Gasteiger partial charge in [-0.25, -0.2) is 0 Å². The van der Waals surface area contributed by atoms with Crippen LogP contribution in [0.5, 0.6) is 0 Å². The molecule has 2 aromatic heterocycles. The first kappa shape index (κ1) is 100.0. The number of piperazine rings is 1. The van der Waals surface area contributed by atoms with Gasteiger partial charge in [0.2, 0.25) is 0 Å². The molecule has 2 aromatic rings. The molecule has 0 aromatic carbocycles. The Balaban J connectivity index is 0.000000313. The number of hydrogen-bond acceptors (Lipinski definition) is 5. The Morgan fingerprint density at radius 1 is 0.343 bits per heavy atom. The third kappa shape index (κ3) is 40.4. The first-order chi connectivity index (χ1) is 49.8. The summed E-state index contributed by atoms with van der Waals surface area (Å²) in [7, 11) is 4.38. The van der Waals surface area contributed by atoms with Crippen molar-refractivity contribution < 1.29 is 58.5 Å². The molecule has 108 heavy (non-hydrogen) atoms. The Kier molecular flexibility index (Phi) is 43.0. The number of rotatable bonds is 2. The number of nitrogens with zero attached hydrogens (tertiary/aromatic N) is 3. The smallest absolute Gasteiger partial charge is 0.182 e. The molecule has 10 N–H and O–H groups in total. The molecule has 15 heteroatoms. The van der Waals surface area contributed by atoms with Gasteiger partial charge in [-0.1, -0.05) is 6.07 Å². The van der Waals surface area contributed by atoms with Gasteiger partial charge in [0.15, 0.2) is 6.73 Å². The molecule has 632 valence electrons. The lowest BCUT2D eigenvalue weighted by Gasteiger charge is -2.38. The fourth-order valence-electron chi connectivity index (χ4n) is 17.1. The van der Waals surface area contributed by atoms with Crippen LogP contribution in [0, 0.1) is 11.8 Å². The van der Waals surface area contributed by atoms with Gasteiger partial charge >= 0.3 is 0 Å². The van der Waals surface area contributed by atoms with Crippen LogP contribution in [0.3, 0.4) is 0 Å². The van der Waals surface area contributed by atoms with Gasteiger partial charge < -0.3 is 58.5 Å². The van der Waals surface area contributed by atoms with Crippen LogP contribution >= 0.6 is 0 Å². The summed E-state index contributed by atoms with van der Waals surface area (Å²) >= 11 is 0. The van der Waals surface area contributed by atoms with Crippen molar-refractivity contribution >= 4 is 5.69 Å². The highest BCUT2D eigenvalue weighted by Crippen LogP contribution is 2.30. The quantitative estimate of drug-likeness (QED) is 0.190. The summed E-state index contributed by atoms with van der Waals surface area (Å²) in [5.74, 6) is 2.10. The second-order valence-corrected chi connectivity index (χ2v) is 45.0. The number of pyridine rings is 2. The van der Waals surface area contributed by atoms with Gasteiger partial charge in [-0.05, 0) is 291 Å². The van der Waals surface area contributed by atoms with E-state index in [1.807, 2.05) is 35.8 Å². The second-order valence-electron chi connectivity index (χ2n) is 45.0. The average molecular weight is 1530 g/mol. The average Bonchev–Trinajstić information content (AvgIpc) is 1.65. The van der Waals surface area contributed by atoms with E-state index in [1.54, 1.807) is 39.2 Å². The first-order valence-electron chi connectivity index (χ1n) is 45.0. The standard InChI is InChI=1S/C13H20N2.C12H23N.C10H16N2.C10H21N.C9H20N2.C9H19N.C8H17NO.C8H17N.C7H15NO.C7H15N/c1-13(2,3)15-9-5-7-12(15)11-6-4-8-14-10-11;1-12(2,3)13-8-10-4-5-11(9-13)7-6-10;1-10(2,3)12(4)9-5-7-11-8-6-9;1-10(2,3)11-8-6-4-5-7-9-11;1-9(2,3)11-7-5-10(4)6-8-11;1-9(2,3)10-7-5-4-6-8-10;1-8(2,3)9-4-6-10-7-5-9;1-8(2,3)9-6-4-5-7-9;1-7(2,3)8-4-5-9-6-8;1-7(2,3)8-5-4-6-8/h4,6,8,10,12H,5,7,9H2,1-3H3;10-11H,4-9H2,1-3H3;5-8H,1-4H3;4-9H2,1-3H3;5-8H2,1-4H3;4-8H2,1-3H3;4-7H2,1-3H3;4-7H2,1-3H3;4-6H2,1-3H3;4-6H2,1-3H3/p+10. The maximum atomic E-state index is 5.27. The zero-order valence-electron chi connectivity index (χ0n) is 78.4. The van der Waals surface area contributed by atoms with Crippen LogP contribution in [0.15, 0.2) is 49.1 Å². The minimum atomic E-state index is 0.251. The summed E-state index contributed by atoms with van der Waals surface area (Å²) in [5.41, 5.74) is 6.96. The molecule has 10 saturated heterocycles. The van der Waals surface area contributed by atoms with E-state index in [4.69, 9.17) is 9.47 Å². The van der Waals surface area contributed by atoms with Crippen LogP contribution in [-0.4, -0.2) is 229 Å². The SMILES string of the molecule is CC(C)(C)[NH+]1CC2CCC(CC2)C1.CC(C)(C)[NH+]1CCC1.CC(C)(C)[NH+]1CCCC1.CC(C)(C)[NH+]1CCCC1c1cccnc1.CC(C)(C)[NH+]1CCCCC1.CC(C)(C)[NH+]1CCCCCC1.CC(C)(C)[NH+]1CCOC1.CC(C)(C)[NH+]1CCOCC1.CN1CC[NH+](C(C)(C)C)CC1.C[NH+](c1ccncc1)C(C)(C)C. The van der Waals surface area contributed by atoms with Crippen LogP contribution < -0.4 is 49.0 Å². The highest BCUT2D eigenvalue weighted by molar-refractivity contribution is 5.25. The molecule has 0 spiro atoms. The number of likely N-dealkylation sites (tertiary alicyclic amines) is 5. The van der Waals surface area contributed by atoms with Crippen molar-refractivity contribution in [1.29, 1.82) is 0 Å². The lowest BCUT2D eigenvalue weighted by Crippen LogP contribution is -3.23. The summed E-state index contributed by atoms with van der Waals surface area (Å²) in [5, 5.41) is 0. The molecule has 0 amide bonds. The lowest BCUT2D eigenvalue weighted by atomic mass is 9.84. The van der Waals surface area contributed by atoms with E-state index in [0.29, 0.717) is 55.9 Å². The Hall–Kier alpha value is -2.22.